The lowest BCUT2D eigenvalue weighted by Gasteiger charge is -2.02. The number of benzene rings is 2. The molecule has 0 radical (unpaired) electrons. The Kier molecular flexibility index (Phi) is 4.64. The smallest absolute Gasteiger partial charge is 0.297 e. The van der Waals surface area contributed by atoms with Crippen molar-refractivity contribution >= 4 is 27.9 Å². The molecule has 4 rings (SSSR count). The van der Waals surface area contributed by atoms with Gasteiger partial charge in [-0.15, -0.1) is 10.2 Å². The molecule has 0 fully saturated rings. The molecule has 0 unspecified atom stereocenters. The zero-order valence-electron chi connectivity index (χ0n) is 13.5. The molecule has 26 heavy (non-hydrogen) atoms. The van der Waals surface area contributed by atoms with Crippen molar-refractivity contribution in [1.29, 1.82) is 0 Å². The van der Waals surface area contributed by atoms with Crippen molar-refractivity contribution in [3.8, 4) is 5.75 Å². The highest BCUT2D eigenvalue weighted by Crippen LogP contribution is 2.18. The predicted octanol–water partition coefficient (Wildman–Crippen LogP) is 3.37. The molecule has 4 aromatic rings. The second kappa shape index (κ2) is 7.23. The maximum atomic E-state index is 12.6. The summed E-state index contributed by atoms with van der Waals surface area (Å²) in [5, 5.41) is 13.8. The van der Waals surface area contributed by atoms with E-state index in [0.29, 0.717) is 32.9 Å². The largest absolute Gasteiger partial charge is 0.486 e. The summed E-state index contributed by atoms with van der Waals surface area (Å²) in [5.41, 5.74) is 1.11. The van der Waals surface area contributed by atoms with E-state index in [1.54, 1.807) is 24.3 Å². The minimum atomic E-state index is -0.257. The minimum absolute atomic E-state index is 0.239. The molecular weight excluding hydrogens is 372 g/mol. The van der Waals surface area contributed by atoms with E-state index in [0.717, 1.165) is 5.56 Å². The van der Waals surface area contributed by atoms with Crippen molar-refractivity contribution in [2.24, 2.45) is 0 Å². The minimum Gasteiger partial charge on any atom is -0.486 e. The lowest BCUT2D eigenvalue weighted by Crippen LogP contribution is -2.22. The molecule has 2 aromatic heterocycles. The highest BCUT2D eigenvalue weighted by Gasteiger charge is 2.13. The van der Waals surface area contributed by atoms with Crippen LogP contribution in [0.1, 0.15) is 16.3 Å². The molecule has 2 heterocycles. The van der Waals surface area contributed by atoms with Gasteiger partial charge in [0.05, 0.1) is 0 Å². The van der Waals surface area contributed by atoms with Crippen molar-refractivity contribution in [2.45, 2.75) is 13.0 Å². The molecule has 0 spiro atoms. The summed E-state index contributed by atoms with van der Waals surface area (Å²) in [4.78, 5) is 13.1. The average Bonchev–Trinajstić information content (AvgIpc) is 3.09. The van der Waals surface area contributed by atoms with Crippen LogP contribution in [0.2, 0.25) is 5.02 Å². The van der Waals surface area contributed by atoms with Crippen LogP contribution in [0.5, 0.6) is 5.75 Å². The van der Waals surface area contributed by atoms with Gasteiger partial charge in [-0.1, -0.05) is 53.3 Å². The average molecular weight is 385 g/mol. The normalized spacial score (nSPS) is 11.0. The fraction of sp³-hybridized carbons (Fsp3) is 0.111. The SMILES string of the molecule is O=c1c(Cc2ccccc2)nnc2sc(COc3ccc(Cl)cc3)nn12. The first-order valence-electron chi connectivity index (χ1n) is 7.85. The number of ether oxygens (including phenoxy) is 1. The lowest BCUT2D eigenvalue weighted by atomic mass is 10.1. The van der Waals surface area contributed by atoms with Crippen LogP contribution >= 0.6 is 22.9 Å². The van der Waals surface area contributed by atoms with Gasteiger partial charge in [-0.3, -0.25) is 4.79 Å². The Hall–Kier alpha value is -2.77. The van der Waals surface area contributed by atoms with Crippen molar-refractivity contribution < 1.29 is 4.74 Å². The van der Waals surface area contributed by atoms with Crippen LogP contribution in [-0.2, 0) is 13.0 Å². The van der Waals surface area contributed by atoms with E-state index in [-0.39, 0.29) is 12.2 Å². The first-order chi connectivity index (χ1) is 12.7. The molecule has 0 saturated carbocycles. The number of fused-ring (bicyclic) bond motifs is 1. The Labute approximate surface area is 157 Å². The first kappa shape index (κ1) is 16.7. The number of halogens is 1. The van der Waals surface area contributed by atoms with E-state index in [9.17, 15) is 4.79 Å². The molecule has 0 amide bonds. The maximum Gasteiger partial charge on any atom is 0.297 e. The second-order valence-corrected chi connectivity index (χ2v) is 7.02. The summed E-state index contributed by atoms with van der Waals surface area (Å²) >= 11 is 7.13. The maximum absolute atomic E-state index is 12.6. The van der Waals surface area contributed by atoms with E-state index < -0.39 is 0 Å². The number of nitrogens with zero attached hydrogens (tertiary/aromatic N) is 4. The summed E-state index contributed by atoms with van der Waals surface area (Å²) in [6, 6.07) is 16.7. The van der Waals surface area contributed by atoms with Gasteiger partial charge in [0.2, 0.25) is 4.96 Å². The van der Waals surface area contributed by atoms with Crippen molar-refractivity contribution in [3.05, 3.63) is 86.2 Å². The Morgan fingerprint density at radius 1 is 1.04 bits per heavy atom. The Balaban J connectivity index is 1.56. The van der Waals surface area contributed by atoms with E-state index >= 15 is 0 Å². The number of aromatic nitrogens is 4. The van der Waals surface area contributed by atoms with Gasteiger partial charge in [-0.2, -0.15) is 9.61 Å². The lowest BCUT2D eigenvalue weighted by molar-refractivity contribution is 0.304. The fourth-order valence-corrected chi connectivity index (χ4v) is 3.29. The third kappa shape index (κ3) is 3.58. The summed E-state index contributed by atoms with van der Waals surface area (Å²) in [7, 11) is 0. The summed E-state index contributed by atoms with van der Waals surface area (Å²) in [5.74, 6) is 0.678. The molecule has 0 saturated heterocycles. The molecular formula is C18H13ClN4O2S. The number of rotatable bonds is 5. The highest BCUT2D eigenvalue weighted by atomic mass is 35.5. The monoisotopic (exact) mass is 384 g/mol. The molecule has 130 valence electrons. The molecule has 0 N–H and O–H groups in total. The third-order valence-electron chi connectivity index (χ3n) is 3.69. The van der Waals surface area contributed by atoms with Crippen LogP contribution in [0, 0.1) is 0 Å². The summed E-state index contributed by atoms with van der Waals surface area (Å²) in [6.45, 7) is 0.239. The first-order valence-corrected chi connectivity index (χ1v) is 9.05. The van der Waals surface area contributed by atoms with Crippen molar-refractivity contribution in [2.75, 3.05) is 0 Å². The fourth-order valence-electron chi connectivity index (χ4n) is 2.42. The van der Waals surface area contributed by atoms with E-state index in [1.807, 2.05) is 30.3 Å². The molecule has 0 aliphatic rings. The van der Waals surface area contributed by atoms with E-state index in [1.165, 1.54) is 15.9 Å². The van der Waals surface area contributed by atoms with E-state index in [2.05, 4.69) is 15.3 Å². The molecule has 8 heteroatoms. The standard InChI is InChI=1S/C18H13ClN4O2S/c19-13-6-8-14(9-7-13)25-11-16-22-23-17(24)15(20-21-18(23)26-16)10-12-4-2-1-3-5-12/h1-9H,10-11H2. The van der Waals surface area contributed by atoms with Crippen LogP contribution in [0.15, 0.2) is 59.4 Å². The zero-order valence-corrected chi connectivity index (χ0v) is 15.1. The van der Waals surface area contributed by atoms with Gasteiger partial charge in [-0.25, -0.2) is 0 Å². The van der Waals surface area contributed by atoms with Crippen LogP contribution < -0.4 is 10.3 Å². The molecule has 0 aliphatic heterocycles. The quantitative estimate of drug-likeness (QED) is 0.527. The Morgan fingerprint density at radius 2 is 1.81 bits per heavy atom. The van der Waals surface area contributed by atoms with Crippen LogP contribution in [0.3, 0.4) is 0 Å². The van der Waals surface area contributed by atoms with E-state index in [4.69, 9.17) is 16.3 Å². The molecule has 2 aromatic carbocycles. The van der Waals surface area contributed by atoms with Crippen LogP contribution in [0.4, 0.5) is 0 Å². The Morgan fingerprint density at radius 3 is 2.58 bits per heavy atom. The van der Waals surface area contributed by atoms with Gasteiger partial charge < -0.3 is 4.74 Å². The number of hydrogen-bond donors (Lipinski definition) is 0. The molecule has 0 aliphatic carbocycles. The van der Waals surface area contributed by atoms with Gasteiger partial charge in [0.25, 0.3) is 5.56 Å². The zero-order chi connectivity index (χ0) is 17.9. The van der Waals surface area contributed by atoms with Gasteiger partial charge in [-0.05, 0) is 29.8 Å². The molecule has 0 atom stereocenters. The van der Waals surface area contributed by atoms with Crippen LogP contribution in [-0.4, -0.2) is 19.8 Å². The van der Waals surface area contributed by atoms with Crippen molar-refractivity contribution in [3.63, 3.8) is 0 Å². The van der Waals surface area contributed by atoms with Crippen molar-refractivity contribution in [1.82, 2.24) is 19.8 Å². The van der Waals surface area contributed by atoms with Gasteiger partial charge in [0.15, 0.2) is 5.01 Å². The van der Waals surface area contributed by atoms with Gasteiger partial charge in [0.1, 0.15) is 18.1 Å². The number of hydrogen-bond acceptors (Lipinski definition) is 6. The van der Waals surface area contributed by atoms with Crippen LogP contribution in [0.25, 0.3) is 4.96 Å². The van der Waals surface area contributed by atoms with Gasteiger partial charge in [0, 0.05) is 11.4 Å². The highest BCUT2D eigenvalue weighted by molar-refractivity contribution is 7.16. The summed E-state index contributed by atoms with van der Waals surface area (Å²) < 4.78 is 6.96. The topological polar surface area (TPSA) is 69.4 Å². The predicted molar refractivity (Wildman–Crippen MR) is 100.0 cm³/mol. The van der Waals surface area contributed by atoms with Gasteiger partial charge >= 0.3 is 0 Å². The molecule has 0 bridgehead atoms. The Bertz CT molecular complexity index is 1090. The molecule has 6 nitrogen and oxygen atoms in total. The second-order valence-electron chi connectivity index (χ2n) is 5.55. The summed E-state index contributed by atoms with van der Waals surface area (Å²) in [6.07, 6.45) is 0.420. The third-order valence-corrected chi connectivity index (χ3v) is 4.81.